The number of hydrogen-bond donors (Lipinski definition) is 2. The quantitative estimate of drug-likeness (QED) is 0.873. The van der Waals surface area contributed by atoms with Gasteiger partial charge < -0.3 is 19.9 Å². The predicted molar refractivity (Wildman–Crippen MR) is 82.1 cm³/mol. The third-order valence-electron chi connectivity index (χ3n) is 2.92. The molecular weight excluding hydrogens is 286 g/mol. The third kappa shape index (κ3) is 5.63. The van der Waals surface area contributed by atoms with E-state index < -0.39 is 23.7 Å². The van der Waals surface area contributed by atoms with Gasteiger partial charge in [0.25, 0.3) is 0 Å². The molecule has 1 atom stereocenters. The van der Waals surface area contributed by atoms with Crippen molar-refractivity contribution in [1.29, 1.82) is 0 Å². The van der Waals surface area contributed by atoms with E-state index in [9.17, 15) is 9.59 Å². The van der Waals surface area contributed by atoms with Crippen LogP contribution in [0.15, 0.2) is 18.2 Å². The Kier molecular flexibility index (Phi) is 5.79. The first-order valence-electron chi connectivity index (χ1n) is 6.98. The second-order valence-electron chi connectivity index (χ2n) is 6.02. The molecule has 0 heterocycles. The van der Waals surface area contributed by atoms with Gasteiger partial charge in [-0.1, -0.05) is 6.07 Å². The summed E-state index contributed by atoms with van der Waals surface area (Å²) in [5.41, 5.74) is 0.906. The zero-order valence-corrected chi connectivity index (χ0v) is 13.6. The Morgan fingerprint density at radius 3 is 2.41 bits per heavy atom. The van der Waals surface area contributed by atoms with Crippen molar-refractivity contribution in [3.05, 3.63) is 29.3 Å². The molecule has 0 aliphatic carbocycles. The molecule has 0 bridgehead atoms. The Morgan fingerprint density at radius 1 is 1.32 bits per heavy atom. The van der Waals surface area contributed by atoms with Crippen LogP contribution in [0.3, 0.4) is 0 Å². The summed E-state index contributed by atoms with van der Waals surface area (Å²) < 4.78 is 10.3. The van der Waals surface area contributed by atoms with Gasteiger partial charge in [0.1, 0.15) is 11.4 Å². The average Bonchev–Trinajstić information content (AvgIpc) is 2.34. The van der Waals surface area contributed by atoms with E-state index in [1.54, 1.807) is 46.1 Å². The van der Waals surface area contributed by atoms with Crippen molar-refractivity contribution in [2.45, 2.75) is 45.8 Å². The normalized spacial score (nSPS) is 12.4. The Bertz CT molecular complexity index is 548. The van der Waals surface area contributed by atoms with Gasteiger partial charge in [0, 0.05) is 0 Å². The summed E-state index contributed by atoms with van der Waals surface area (Å²) in [5, 5.41) is 11.7. The molecule has 1 aromatic rings. The average molecular weight is 309 g/mol. The minimum absolute atomic E-state index is 0.230. The molecule has 0 saturated heterocycles. The van der Waals surface area contributed by atoms with Crippen LogP contribution in [0.2, 0.25) is 0 Å². The molecule has 122 valence electrons. The van der Waals surface area contributed by atoms with Crippen LogP contribution < -0.4 is 10.1 Å². The van der Waals surface area contributed by atoms with Crippen molar-refractivity contribution in [3.63, 3.8) is 0 Å². The summed E-state index contributed by atoms with van der Waals surface area (Å²) in [4.78, 5) is 23.0. The van der Waals surface area contributed by atoms with Crippen molar-refractivity contribution in [2.75, 3.05) is 7.11 Å². The number of hydrogen-bond acceptors (Lipinski definition) is 4. The van der Waals surface area contributed by atoms with Gasteiger partial charge in [-0.3, -0.25) is 4.79 Å². The van der Waals surface area contributed by atoms with Gasteiger partial charge in [-0.05, 0) is 51.0 Å². The molecule has 0 aromatic heterocycles. The maximum atomic E-state index is 11.9. The number of carboxylic acid groups (broad SMARTS) is 1. The molecule has 0 spiro atoms. The molecule has 0 aliphatic heterocycles. The number of rotatable bonds is 5. The summed E-state index contributed by atoms with van der Waals surface area (Å²) in [5.74, 6) is -0.330. The summed E-state index contributed by atoms with van der Waals surface area (Å²) in [7, 11) is 1.56. The number of ether oxygens (including phenoxy) is 2. The van der Waals surface area contributed by atoms with Gasteiger partial charge in [-0.25, -0.2) is 4.79 Å². The minimum Gasteiger partial charge on any atom is -0.497 e. The van der Waals surface area contributed by atoms with Crippen LogP contribution in [0.5, 0.6) is 5.75 Å². The van der Waals surface area contributed by atoms with E-state index in [2.05, 4.69) is 5.32 Å². The van der Waals surface area contributed by atoms with Crippen molar-refractivity contribution < 1.29 is 24.2 Å². The van der Waals surface area contributed by atoms with Crippen LogP contribution in [-0.2, 0) is 9.53 Å². The number of nitrogens with one attached hydrogen (secondary N) is 1. The molecule has 0 unspecified atom stereocenters. The third-order valence-corrected chi connectivity index (χ3v) is 2.92. The lowest BCUT2D eigenvalue weighted by atomic mass is 9.98. The van der Waals surface area contributed by atoms with Crippen LogP contribution in [0.4, 0.5) is 4.79 Å². The molecule has 0 radical (unpaired) electrons. The fraction of sp³-hybridized carbons (Fsp3) is 0.500. The number of carbonyl (C=O) groups excluding carboxylic acids is 1. The van der Waals surface area contributed by atoms with Crippen molar-refractivity contribution in [1.82, 2.24) is 5.32 Å². The molecule has 0 aliphatic rings. The Balaban J connectivity index is 2.98. The van der Waals surface area contributed by atoms with E-state index in [0.717, 1.165) is 5.56 Å². The summed E-state index contributed by atoms with van der Waals surface area (Å²) in [6.07, 6.45) is -0.874. The van der Waals surface area contributed by atoms with Crippen LogP contribution in [0.25, 0.3) is 0 Å². The van der Waals surface area contributed by atoms with E-state index in [1.165, 1.54) is 0 Å². The smallest absolute Gasteiger partial charge is 0.408 e. The van der Waals surface area contributed by atoms with Gasteiger partial charge in [0.15, 0.2) is 0 Å². The van der Waals surface area contributed by atoms with Gasteiger partial charge >= 0.3 is 12.1 Å². The van der Waals surface area contributed by atoms with Crippen molar-refractivity contribution >= 4 is 12.1 Å². The maximum Gasteiger partial charge on any atom is 0.408 e. The highest BCUT2D eigenvalue weighted by molar-refractivity contribution is 5.72. The lowest BCUT2D eigenvalue weighted by Crippen LogP contribution is -2.36. The molecule has 0 fully saturated rings. The monoisotopic (exact) mass is 309 g/mol. The maximum absolute atomic E-state index is 11.9. The number of carboxylic acids is 1. The van der Waals surface area contributed by atoms with Crippen LogP contribution >= 0.6 is 0 Å². The molecule has 2 N–H and O–H groups in total. The molecule has 1 aromatic carbocycles. The van der Waals surface area contributed by atoms with Crippen molar-refractivity contribution in [2.24, 2.45) is 0 Å². The molecule has 22 heavy (non-hydrogen) atoms. The standard InChI is InChI=1S/C16H23NO5/c1-10-8-11(21-5)6-7-12(10)13(9-14(18)19)17-15(20)22-16(2,3)4/h6-8,13H,9H2,1-5H3,(H,17,20)(H,18,19)/t13-/m0/s1. The first-order valence-corrected chi connectivity index (χ1v) is 6.98. The van der Waals surface area contributed by atoms with Crippen molar-refractivity contribution in [3.8, 4) is 5.75 Å². The van der Waals surface area contributed by atoms with Crippen LogP contribution in [-0.4, -0.2) is 29.9 Å². The highest BCUT2D eigenvalue weighted by atomic mass is 16.6. The predicted octanol–water partition coefficient (Wildman–Crippen LogP) is 3.04. The lowest BCUT2D eigenvalue weighted by Gasteiger charge is -2.24. The van der Waals surface area contributed by atoms with Gasteiger partial charge in [-0.2, -0.15) is 0 Å². The molecule has 1 amide bonds. The van der Waals surface area contributed by atoms with E-state index >= 15 is 0 Å². The summed E-state index contributed by atoms with van der Waals surface area (Å²) >= 11 is 0. The van der Waals surface area contributed by atoms with E-state index in [1.807, 2.05) is 6.92 Å². The number of amides is 1. The second kappa shape index (κ2) is 7.15. The molecule has 0 saturated carbocycles. The van der Waals surface area contributed by atoms with E-state index in [-0.39, 0.29) is 6.42 Å². The van der Waals surface area contributed by atoms with Gasteiger partial charge in [0.2, 0.25) is 0 Å². The SMILES string of the molecule is COc1ccc([C@H](CC(=O)O)NC(=O)OC(C)(C)C)c(C)c1. The molecule has 1 rings (SSSR count). The number of aliphatic carboxylic acids is 1. The molecule has 6 heteroatoms. The first kappa shape index (κ1) is 17.8. The zero-order valence-electron chi connectivity index (χ0n) is 13.6. The number of alkyl carbamates (subject to hydrolysis) is 1. The van der Waals surface area contributed by atoms with Crippen LogP contribution in [0.1, 0.15) is 44.4 Å². The highest BCUT2D eigenvalue weighted by Crippen LogP contribution is 2.25. The second-order valence-corrected chi connectivity index (χ2v) is 6.02. The van der Waals surface area contributed by atoms with E-state index in [4.69, 9.17) is 14.6 Å². The summed E-state index contributed by atoms with van der Waals surface area (Å²) in [6.45, 7) is 7.08. The first-order chi connectivity index (χ1) is 10.1. The highest BCUT2D eigenvalue weighted by Gasteiger charge is 2.23. The number of methoxy groups -OCH3 is 1. The fourth-order valence-electron chi connectivity index (χ4n) is 2.03. The van der Waals surface area contributed by atoms with Crippen LogP contribution in [0, 0.1) is 6.92 Å². The number of aryl methyl sites for hydroxylation is 1. The number of benzene rings is 1. The lowest BCUT2D eigenvalue weighted by molar-refractivity contribution is -0.137. The zero-order chi connectivity index (χ0) is 16.9. The fourth-order valence-corrected chi connectivity index (χ4v) is 2.03. The Morgan fingerprint density at radius 2 is 1.95 bits per heavy atom. The molecular formula is C16H23NO5. The molecule has 6 nitrogen and oxygen atoms in total. The number of carbonyl (C=O) groups is 2. The Hall–Kier alpha value is -2.24. The summed E-state index contributed by atoms with van der Waals surface area (Å²) in [6, 6.07) is 4.60. The Labute approximate surface area is 130 Å². The largest absolute Gasteiger partial charge is 0.497 e. The minimum atomic E-state index is -1.00. The van der Waals surface area contributed by atoms with Gasteiger partial charge in [0.05, 0.1) is 19.6 Å². The topological polar surface area (TPSA) is 84.9 Å². The van der Waals surface area contributed by atoms with Gasteiger partial charge in [-0.15, -0.1) is 0 Å². The van der Waals surface area contributed by atoms with E-state index in [0.29, 0.717) is 11.3 Å².